The van der Waals surface area contributed by atoms with Crippen LogP contribution in [0.2, 0.25) is 0 Å². The van der Waals surface area contributed by atoms with Gasteiger partial charge in [-0.15, -0.1) is 0 Å². The van der Waals surface area contributed by atoms with Gasteiger partial charge in [-0.2, -0.15) is 0 Å². The highest BCUT2D eigenvalue weighted by Crippen LogP contribution is 2.17. The summed E-state index contributed by atoms with van der Waals surface area (Å²) in [4.78, 5) is 13.6. The Morgan fingerprint density at radius 2 is 2.33 bits per heavy atom. The first-order chi connectivity index (χ1) is 10.0. The minimum absolute atomic E-state index is 0.0169. The number of likely N-dealkylation sites (tertiary alicyclic amines) is 1. The van der Waals surface area contributed by atoms with Gasteiger partial charge in [-0.3, -0.25) is 4.79 Å². The summed E-state index contributed by atoms with van der Waals surface area (Å²) in [6.45, 7) is 6.80. The molecule has 0 bridgehead atoms. The molecule has 116 valence electrons. The zero-order valence-corrected chi connectivity index (χ0v) is 12.9. The summed E-state index contributed by atoms with van der Waals surface area (Å²) in [7, 11) is 0. The second-order valence-corrected chi connectivity index (χ2v) is 6.06. The van der Waals surface area contributed by atoms with Gasteiger partial charge in [0.2, 0.25) is 0 Å². The largest absolute Gasteiger partial charge is 0.491 e. The van der Waals surface area contributed by atoms with Gasteiger partial charge in [0, 0.05) is 18.7 Å². The fourth-order valence-corrected chi connectivity index (χ4v) is 2.80. The van der Waals surface area contributed by atoms with Gasteiger partial charge >= 0.3 is 0 Å². The Hall–Kier alpha value is -1.39. The molecule has 1 N–H and O–H groups in total. The lowest BCUT2D eigenvalue weighted by Crippen LogP contribution is -2.41. The maximum Gasteiger partial charge on any atom is 0.159 e. The summed E-state index contributed by atoms with van der Waals surface area (Å²) < 4.78 is 5.60. The average molecular weight is 291 g/mol. The van der Waals surface area contributed by atoms with Crippen LogP contribution in [-0.2, 0) is 0 Å². The fraction of sp³-hybridized carbons (Fsp3) is 0.588. The van der Waals surface area contributed by atoms with Crippen molar-refractivity contribution in [2.24, 2.45) is 5.92 Å². The van der Waals surface area contributed by atoms with E-state index in [1.807, 2.05) is 6.07 Å². The molecule has 4 nitrogen and oxygen atoms in total. The molecule has 1 heterocycles. The van der Waals surface area contributed by atoms with Crippen LogP contribution in [0, 0.1) is 5.92 Å². The molecule has 0 aliphatic carbocycles. The smallest absolute Gasteiger partial charge is 0.159 e. The Morgan fingerprint density at radius 1 is 1.52 bits per heavy atom. The highest BCUT2D eigenvalue weighted by Gasteiger charge is 2.19. The number of aliphatic hydroxyl groups is 1. The maximum absolute atomic E-state index is 11.3. The molecule has 1 aromatic carbocycles. The average Bonchev–Trinajstić information content (AvgIpc) is 2.45. The van der Waals surface area contributed by atoms with Gasteiger partial charge in [-0.1, -0.05) is 19.1 Å². The third-order valence-corrected chi connectivity index (χ3v) is 3.89. The van der Waals surface area contributed by atoms with E-state index in [4.69, 9.17) is 4.74 Å². The maximum atomic E-state index is 11.3. The molecule has 1 fully saturated rings. The number of hydrogen-bond donors (Lipinski definition) is 1. The van der Waals surface area contributed by atoms with Crippen molar-refractivity contribution in [3.8, 4) is 5.75 Å². The molecule has 4 heteroatoms. The first-order valence-electron chi connectivity index (χ1n) is 7.69. The van der Waals surface area contributed by atoms with Crippen molar-refractivity contribution in [3.05, 3.63) is 29.8 Å². The van der Waals surface area contributed by atoms with E-state index in [9.17, 15) is 9.90 Å². The zero-order chi connectivity index (χ0) is 15.2. The van der Waals surface area contributed by atoms with Gasteiger partial charge in [0.1, 0.15) is 18.5 Å². The Balaban J connectivity index is 1.79. The second kappa shape index (κ2) is 7.57. The third-order valence-electron chi connectivity index (χ3n) is 3.89. The van der Waals surface area contributed by atoms with Gasteiger partial charge in [0.05, 0.1) is 0 Å². The summed E-state index contributed by atoms with van der Waals surface area (Å²) in [5, 5.41) is 10.1. The van der Waals surface area contributed by atoms with Crippen molar-refractivity contribution in [3.63, 3.8) is 0 Å². The fourth-order valence-electron chi connectivity index (χ4n) is 2.80. The van der Waals surface area contributed by atoms with Crippen LogP contribution in [0.25, 0.3) is 0 Å². The van der Waals surface area contributed by atoms with Crippen molar-refractivity contribution < 1.29 is 14.6 Å². The number of ketones is 1. The number of piperidine rings is 1. The van der Waals surface area contributed by atoms with Crippen LogP contribution in [0.5, 0.6) is 5.75 Å². The van der Waals surface area contributed by atoms with Crippen LogP contribution in [-0.4, -0.2) is 48.1 Å². The number of carbonyl (C=O) groups excluding carboxylic acids is 1. The van der Waals surface area contributed by atoms with E-state index in [-0.39, 0.29) is 12.4 Å². The quantitative estimate of drug-likeness (QED) is 0.818. The Bertz CT molecular complexity index is 475. The van der Waals surface area contributed by atoms with Crippen LogP contribution in [0.4, 0.5) is 0 Å². The normalized spacial score (nSPS) is 21.0. The molecular formula is C17H25NO3. The van der Waals surface area contributed by atoms with Gasteiger partial charge in [-0.25, -0.2) is 0 Å². The summed E-state index contributed by atoms with van der Waals surface area (Å²) in [6.07, 6.45) is 1.98. The minimum atomic E-state index is -0.503. The zero-order valence-electron chi connectivity index (χ0n) is 12.9. The van der Waals surface area contributed by atoms with E-state index in [1.54, 1.807) is 18.2 Å². The Morgan fingerprint density at radius 3 is 3.05 bits per heavy atom. The van der Waals surface area contributed by atoms with Crippen molar-refractivity contribution in [2.75, 3.05) is 26.2 Å². The molecule has 1 aliphatic heterocycles. The summed E-state index contributed by atoms with van der Waals surface area (Å²) in [5.74, 6) is 1.36. The first-order valence-corrected chi connectivity index (χ1v) is 7.69. The molecule has 2 unspecified atom stereocenters. The van der Waals surface area contributed by atoms with E-state index in [0.29, 0.717) is 23.8 Å². The number of hydrogen-bond acceptors (Lipinski definition) is 4. The number of rotatable bonds is 6. The van der Waals surface area contributed by atoms with E-state index in [1.165, 1.54) is 19.8 Å². The van der Waals surface area contributed by atoms with Gasteiger partial charge in [-0.05, 0) is 44.4 Å². The molecule has 0 saturated carbocycles. The van der Waals surface area contributed by atoms with Crippen molar-refractivity contribution in [2.45, 2.75) is 32.8 Å². The number of carbonyl (C=O) groups is 1. The van der Waals surface area contributed by atoms with Crippen LogP contribution >= 0.6 is 0 Å². The third kappa shape index (κ3) is 5.14. The number of β-amino-alcohol motifs (C(OH)–C–C–N with tert-alkyl or cyclic N) is 1. The van der Waals surface area contributed by atoms with Crippen LogP contribution in [0.1, 0.15) is 37.0 Å². The number of Topliss-reactive ketones (excluding diaryl/α,β-unsaturated/α-hetero) is 1. The summed E-state index contributed by atoms with van der Waals surface area (Å²) in [6, 6.07) is 7.09. The lowest BCUT2D eigenvalue weighted by Gasteiger charge is -2.32. The molecule has 0 aromatic heterocycles. The highest BCUT2D eigenvalue weighted by atomic mass is 16.5. The second-order valence-electron chi connectivity index (χ2n) is 6.06. The molecule has 0 radical (unpaired) electrons. The van der Waals surface area contributed by atoms with Crippen molar-refractivity contribution >= 4 is 5.78 Å². The molecule has 1 aliphatic rings. The lowest BCUT2D eigenvalue weighted by atomic mass is 10.0. The molecule has 0 amide bonds. The molecule has 2 rings (SSSR count). The standard InChI is InChI=1S/C17H25NO3/c1-13-5-4-8-18(10-13)11-16(20)12-21-17-7-3-6-15(9-17)14(2)19/h3,6-7,9,13,16,20H,4-5,8,10-12H2,1-2H3. The number of nitrogens with zero attached hydrogens (tertiary/aromatic N) is 1. The molecule has 2 atom stereocenters. The highest BCUT2D eigenvalue weighted by molar-refractivity contribution is 5.94. The van der Waals surface area contributed by atoms with Crippen molar-refractivity contribution in [1.82, 2.24) is 4.90 Å². The summed E-state index contributed by atoms with van der Waals surface area (Å²) >= 11 is 0. The topological polar surface area (TPSA) is 49.8 Å². The van der Waals surface area contributed by atoms with Crippen molar-refractivity contribution in [1.29, 1.82) is 0 Å². The van der Waals surface area contributed by atoms with E-state index >= 15 is 0 Å². The Labute approximate surface area is 126 Å². The molecule has 1 saturated heterocycles. The van der Waals surface area contributed by atoms with Gasteiger partial charge in [0.25, 0.3) is 0 Å². The number of aliphatic hydroxyl groups excluding tert-OH is 1. The number of ether oxygens (including phenoxy) is 1. The molecule has 0 spiro atoms. The molecular weight excluding hydrogens is 266 g/mol. The Kier molecular flexibility index (Phi) is 5.76. The predicted molar refractivity (Wildman–Crippen MR) is 82.8 cm³/mol. The predicted octanol–water partition coefficient (Wildman–Crippen LogP) is 2.36. The minimum Gasteiger partial charge on any atom is -0.491 e. The van der Waals surface area contributed by atoms with Crippen LogP contribution < -0.4 is 4.74 Å². The van der Waals surface area contributed by atoms with Crippen LogP contribution in [0.3, 0.4) is 0 Å². The van der Waals surface area contributed by atoms with E-state index < -0.39 is 6.10 Å². The lowest BCUT2D eigenvalue weighted by molar-refractivity contribution is 0.0537. The SMILES string of the molecule is CC(=O)c1cccc(OCC(O)CN2CCCC(C)C2)c1. The van der Waals surface area contributed by atoms with Gasteiger partial charge in [0.15, 0.2) is 5.78 Å². The van der Waals surface area contributed by atoms with E-state index in [2.05, 4.69) is 11.8 Å². The molecule has 21 heavy (non-hydrogen) atoms. The van der Waals surface area contributed by atoms with Gasteiger partial charge < -0.3 is 14.7 Å². The molecule has 1 aromatic rings. The number of benzene rings is 1. The monoisotopic (exact) mass is 291 g/mol. The van der Waals surface area contributed by atoms with E-state index in [0.717, 1.165) is 13.1 Å². The summed E-state index contributed by atoms with van der Waals surface area (Å²) in [5.41, 5.74) is 0.631. The van der Waals surface area contributed by atoms with Crippen LogP contribution in [0.15, 0.2) is 24.3 Å². The first kappa shape index (κ1) is 16.0.